The number of benzene rings is 2. The van der Waals surface area contributed by atoms with Crippen LogP contribution >= 0.6 is 11.8 Å². The lowest BCUT2D eigenvalue weighted by atomic mass is 10.1. The van der Waals surface area contributed by atoms with Gasteiger partial charge in [0.05, 0.1) is 0 Å². The molecule has 1 heteroatoms. The number of hydrogen-bond acceptors (Lipinski definition) is 1. The second-order valence-electron chi connectivity index (χ2n) is 4.58. The second kappa shape index (κ2) is 5.92. The molecule has 2 aromatic rings. The van der Waals surface area contributed by atoms with Crippen molar-refractivity contribution in [2.75, 3.05) is 0 Å². The van der Waals surface area contributed by atoms with E-state index in [9.17, 15) is 0 Å². The summed E-state index contributed by atoms with van der Waals surface area (Å²) in [5, 5.41) is 0. The minimum atomic E-state index is 1.01. The summed E-state index contributed by atoms with van der Waals surface area (Å²) in [7, 11) is 0. The van der Waals surface area contributed by atoms with Crippen molar-refractivity contribution in [3.8, 4) is 0 Å². The van der Waals surface area contributed by atoms with Crippen molar-refractivity contribution in [2.45, 2.75) is 24.5 Å². The normalized spacial score (nSPS) is 10.3. The molecule has 0 radical (unpaired) electrons. The fourth-order valence-corrected chi connectivity index (χ4v) is 2.54. The highest BCUT2D eigenvalue weighted by molar-refractivity contribution is 7.98. The van der Waals surface area contributed by atoms with Crippen LogP contribution in [0.4, 0.5) is 0 Å². The third-order valence-electron chi connectivity index (χ3n) is 2.87. The van der Waals surface area contributed by atoms with Crippen LogP contribution in [-0.2, 0) is 5.75 Å². The molecule has 2 aromatic carbocycles. The molecule has 0 bridgehead atoms. The molecule has 0 spiro atoms. The van der Waals surface area contributed by atoms with Gasteiger partial charge in [-0.05, 0) is 37.1 Å². The highest BCUT2D eigenvalue weighted by Crippen LogP contribution is 2.23. The maximum Gasteiger partial charge on any atom is 0.0232 e. The van der Waals surface area contributed by atoms with Crippen LogP contribution in [0.25, 0.3) is 5.57 Å². The highest BCUT2D eigenvalue weighted by atomic mass is 32.2. The summed E-state index contributed by atoms with van der Waals surface area (Å²) < 4.78 is 0. The quantitative estimate of drug-likeness (QED) is 0.665. The van der Waals surface area contributed by atoms with Crippen molar-refractivity contribution in [1.29, 1.82) is 0 Å². The van der Waals surface area contributed by atoms with Crippen molar-refractivity contribution in [2.24, 2.45) is 0 Å². The summed E-state index contributed by atoms with van der Waals surface area (Å²) in [4.78, 5) is 1.32. The van der Waals surface area contributed by atoms with Gasteiger partial charge in [0.2, 0.25) is 0 Å². The predicted molar refractivity (Wildman–Crippen MR) is 81.9 cm³/mol. The fourth-order valence-electron chi connectivity index (χ4n) is 1.69. The van der Waals surface area contributed by atoms with Gasteiger partial charge in [-0.15, -0.1) is 11.8 Å². The monoisotopic (exact) mass is 254 g/mol. The molecular formula is C17H18S. The van der Waals surface area contributed by atoms with E-state index in [1.165, 1.54) is 21.6 Å². The van der Waals surface area contributed by atoms with Crippen LogP contribution in [0.5, 0.6) is 0 Å². The van der Waals surface area contributed by atoms with Gasteiger partial charge in [0.25, 0.3) is 0 Å². The SMILES string of the molecule is C=C(C)c1ccc(CSc2ccc(C)cc2)cc1. The lowest BCUT2D eigenvalue weighted by Crippen LogP contribution is -1.83. The first-order valence-corrected chi connectivity index (χ1v) is 7.08. The Bertz CT molecular complexity index is 521. The van der Waals surface area contributed by atoms with Gasteiger partial charge in [0, 0.05) is 10.6 Å². The summed E-state index contributed by atoms with van der Waals surface area (Å²) >= 11 is 1.87. The lowest BCUT2D eigenvalue weighted by Gasteiger charge is -2.04. The predicted octanol–water partition coefficient (Wildman–Crippen LogP) is 5.32. The molecule has 0 fully saturated rings. The van der Waals surface area contributed by atoms with Gasteiger partial charge in [0.1, 0.15) is 0 Å². The van der Waals surface area contributed by atoms with Crippen LogP contribution in [0.1, 0.15) is 23.6 Å². The Labute approximate surface area is 114 Å². The Balaban J connectivity index is 1.97. The van der Waals surface area contributed by atoms with Crippen LogP contribution < -0.4 is 0 Å². The molecule has 0 N–H and O–H groups in total. The van der Waals surface area contributed by atoms with Crippen LogP contribution in [0.2, 0.25) is 0 Å². The molecule has 0 aliphatic rings. The summed E-state index contributed by atoms with van der Waals surface area (Å²) in [6.45, 7) is 8.11. The molecule has 2 rings (SSSR count). The maximum absolute atomic E-state index is 3.95. The summed E-state index contributed by atoms with van der Waals surface area (Å²) in [5.74, 6) is 1.01. The third-order valence-corrected chi connectivity index (χ3v) is 3.96. The van der Waals surface area contributed by atoms with Crippen LogP contribution in [-0.4, -0.2) is 0 Å². The number of thioether (sulfide) groups is 1. The highest BCUT2D eigenvalue weighted by Gasteiger charge is 1.98. The average Bonchev–Trinajstić information content (AvgIpc) is 2.38. The summed E-state index contributed by atoms with van der Waals surface area (Å²) in [5.41, 5.74) is 5.00. The zero-order valence-corrected chi connectivity index (χ0v) is 11.8. The Morgan fingerprint density at radius 2 is 1.61 bits per heavy atom. The average molecular weight is 254 g/mol. The van der Waals surface area contributed by atoms with E-state index in [2.05, 4.69) is 62.0 Å². The van der Waals surface area contributed by atoms with Crippen molar-refractivity contribution in [3.63, 3.8) is 0 Å². The molecule has 92 valence electrons. The van der Waals surface area contributed by atoms with Gasteiger partial charge < -0.3 is 0 Å². The van der Waals surface area contributed by atoms with Gasteiger partial charge in [-0.3, -0.25) is 0 Å². The van der Waals surface area contributed by atoms with Crippen LogP contribution in [0.3, 0.4) is 0 Å². The zero-order valence-electron chi connectivity index (χ0n) is 10.9. The fraction of sp³-hybridized carbons (Fsp3) is 0.176. The smallest absolute Gasteiger partial charge is 0.0232 e. The first-order chi connectivity index (χ1) is 8.65. The summed E-state index contributed by atoms with van der Waals surface area (Å²) in [6.07, 6.45) is 0. The largest absolute Gasteiger partial charge is 0.121 e. The van der Waals surface area contributed by atoms with E-state index in [-0.39, 0.29) is 0 Å². The number of rotatable bonds is 4. The molecule has 0 nitrogen and oxygen atoms in total. The molecule has 0 saturated carbocycles. The molecule has 0 amide bonds. The van der Waals surface area contributed by atoms with Crippen molar-refractivity contribution in [3.05, 3.63) is 71.8 Å². The van der Waals surface area contributed by atoms with Crippen molar-refractivity contribution >= 4 is 17.3 Å². The van der Waals surface area contributed by atoms with E-state index in [0.29, 0.717) is 0 Å². The second-order valence-corrected chi connectivity index (χ2v) is 5.63. The first-order valence-electron chi connectivity index (χ1n) is 6.09. The minimum Gasteiger partial charge on any atom is -0.121 e. The Hall–Kier alpha value is -1.47. The van der Waals surface area contributed by atoms with Gasteiger partial charge >= 0.3 is 0 Å². The number of hydrogen-bond donors (Lipinski definition) is 0. The molecule has 18 heavy (non-hydrogen) atoms. The summed E-state index contributed by atoms with van der Waals surface area (Å²) in [6, 6.07) is 17.3. The van der Waals surface area contributed by atoms with Crippen molar-refractivity contribution < 1.29 is 0 Å². The lowest BCUT2D eigenvalue weighted by molar-refractivity contribution is 1.35. The van der Waals surface area contributed by atoms with Crippen molar-refractivity contribution in [1.82, 2.24) is 0 Å². The first kappa shape index (κ1) is 13.0. The van der Waals surface area contributed by atoms with E-state index in [4.69, 9.17) is 0 Å². The molecule has 0 aliphatic heterocycles. The maximum atomic E-state index is 3.95. The van der Waals surface area contributed by atoms with E-state index < -0.39 is 0 Å². The Morgan fingerprint density at radius 1 is 1.00 bits per heavy atom. The zero-order chi connectivity index (χ0) is 13.0. The van der Waals surface area contributed by atoms with Crippen LogP contribution in [0, 0.1) is 6.92 Å². The van der Waals surface area contributed by atoms with Crippen LogP contribution in [0.15, 0.2) is 60.0 Å². The topological polar surface area (TPSA) is 0 Å². The minimum absolute atomic E-state index is 1.01. The van der Waals surface area contributed by atoms with Gasteiger partial charge in [-0.1, -0.05) is 54.1 Å². The van der Waals surface area contributed by atoms with E-state index in [1.54, 1.807) is 0 Å². The molecule has 0 atom stereocenters. The molecule has 0 saturated heterocycles. The van der Waals surface area contributed by atoms with E-state index in [1.807, 2.05) is 18.7 Å². The van der Waals surface area contributed by atoms with E-state index in [0.717, 1.165) is 11.3 Å². The standard InChI is InChI=1S/C17H18S/c1-13(2)16-8-6-15(7-9-16)12-18-17-10-4-14(3)5-11-17/h4-11H,1,12H2,2-3H3. The molecular weight excluding hydrogens is 236 g/mol. The number of aryl methyl sites for hydroxylation is 1. The molecule has 0 unspecified atom stereocenters. The molecule has 0 heterocycles. The third kappa shape index (κ3) is 3.51. The van der Waals surface area contributed by atoms with E-state index >= 15 is 0 Å². The number of allylic oxidation sites excluding steroid dienone is 1. The van der Waals surface area contributed by atoms with Gasteiger partial charge in [-0.25, -0.2) is 0 Å². The Morgan fingerprint density at radius 3 is 2.17 bits per heavy atom. The molecule has 0 aromatic heterocycles. The van der Waals surface area contributed by atoms with Gasteiger partial charge in [-0.2, -0.15) is 0 Å². The van der Waals surface area contributed by atoms with Gasteiger partial charge in [0.15, 0.2) is 0 Å². The molecule has 0 aliphatic carbocycles. The Kier molecular flexibility index (Phi) is 4.27.